The molecule has 2 aromatic rings. The first-order chi connectivity index (χ1) is 11.8. The second-order valence-corrected chi connectivity index (χ2v) is 6.45. The minimum Gasteiger partial charge on any atom is -0.351 e. The van der Waals surface area contributed by atoms with E-state index >= 15 is 0 Å². The van der Waals surface area contributed by atoms with Crippen molar-refractivity contribution >= 4 is 23.2 Å². The smallest absolute Gasteiger partial charge is 0.225 e. The molecule has 3 rings (SSSR count). The van der Waals surface area contributed by atoms with Crippen molar-refractivity contribution in [1.82, 2.24) is 25.2 Å². The average Bonchev–Trinajstić information content (AvgIpc) is 3.12. The van der Waals surface area contributed by atoms with Gasteiger partial charge in [0.1, 0.15) is 0 Å². The molecule has 128 valence electrons. The third-order valence-corrected chi connectivity index (χ3v) is 5.00. The van der Waals surface area contributed by atoms with Crippen LogP contribution in [-0.2, 0) is 13.0 Å². The van der Waals surface area contributed by atoms with Crippen molar-refractivity contribution in [3.05, 3.63) is 34.5 Å². The van der Waals surface area contributed by atoms with E-state index in [0.29, 0.717) is 6.54 Å². The lowest BCUT2D eigenvalue weighted by Crippen LogP contribution is -2.52. The number of hydrogen-bond donors (Lipinski definition) is 1. The number of nitrogens with zero attached hydrogens (tertiary/aromatic N) is 6. The van der Waals surface area contributed by atoms with Crippen molar-refractivity contribution in [1.29, 1.82) is 0 Å². The Morgan fingerprint density at radius 2 is 2.00 bits per heavy atom. The van der Waals surface area contributed by atoms with Crippen LogP contribution in [0.3, 0.4) is 0 Å². The number of nitrogens with one attached hydrogen (secondary N) is 1. The number of thiazole rings is 1. The Balaban J connectivity index is 1.52. The lowest BCUT2D eigenvalue weighted by atomic mass is 10.3. The van der Waals surface area contributed by atoms with Crippen LogP contribution in [0.4, 0.5) is 5.95 Å². The largest absolute Gasteiger partial charge is 0.351 e. The highest BCUT2D eigenvalue weighted by atomic mass is 32.1. The number of guanidine groups is 1. The van der Waals surface area contributed by atoms with Gasteiger partial charge in [0.05, 0.1) is 17.2 Å². The Labute approximate surface area is 146 Å². The molecule has 0 amide bonds. The molecule has 7 nitrogen and oxygen atoms in total. The van der Waals surface area contributed by atoms with E-state index in [4.69, 9.17) is 0 Å². The second kappa shape index (κ2) is 8.05. The fraction of sp³-hybridized carbons (Fsp3) is 0.500. The van der Waals surface area contributed by atoms with E-state index in [-0.39, 0.29) is 0 Å². The molecule has 0 unspecified atom stereocenters. The third kappa shape index (κ3) is 4.00. The summed E-state index contributed by atoms with van der Waals surface area (Å²) in [5.41, 5.74) is 1.08. The standard InChI is InChI=1S/C16H23N7S/c1-3-14-21-13(12-24-14)11-20-15(17-2)22-7-9-23(10-8-22)16-18-5-4-6-19-16/h4-6,12H,3,7-11H2,1-2H3,(H,17,20). The molecule has 0 atom stereocenters. The molecule has 24 heavy (non-hydrogen) atoms. The van der Waals surface area contributed by atoms with E-state index in [0.717, 1.165) is 50.2 Å². The number of aromatic nitrogens is 3. The van der Waals surface area contributed by atoms with Gasteiger partial charge in [-0.2, -0.15) is 0 Å². The fourth-order valence-electron chi connectivity index (χ4n) is 2.67. The summed E-state index contributed by atoms with van der Waals surface area (Å²) >= 11 is 1.72. The summed E-state index contributed by atoms with van der Waals surface area (Å²) < 4.78 is 0. The summed E-state index contributed by atoms with van der Waals surface area (Å²) in [5, 5.41) is 6.71. The highest BCUT2D eigenvalue weighted by Gasteiger charge is 2.21. The van der Waals surface area contributed by atoms with E-state index in [1.807, 2.05) is 13.1 Å². The van der Waals surface area contributed by atoms with E-state index in [2.05, 4.69) is 47.4 Å². The third-order valence-electron chi connectivity index (χ3n) is 3.96. The van der Waals surface area contributed by atoms with Crippen LogP contribution in [-0.4, -0.2) is 59.0 Å². The van der Waals surface area contributed by atoms with Crippen LogP contribution in [0.15, 0.2) is 28.8 Å². The summed E-state index contributed by atoms with van der Waals surface area (Å²) in [6.07, 6.45) is 4.56. The number of hydrogen-bond acceptors (Lipinski definition) is 6. The van der Waals surface area contributed by atoms with E-state index < -0.39 is 0 Å². The molecular formula is C16H23N7S. The van der Waals surface area contributed by atoms with Gasteiger partial charge in [0.25, 0.3) is 0 Å². The van der Waals surface area contributed by atoms with Crippen molar-refractivity contribution in [2.45, 2.75) is 19.9 Å². The van der Waals surface area contributed by atoms with Gasteiger partial charge in [-0.15, -0.1) is 11.3 Å². The Kier molecular flexibility index (Phi) is 5.58. The van der Waals surface area contributed by atoms with Crippen molar-refractivity contribution in [2.24, 2.45) is 4.99 Å². The highest BCUT2D eigenvalue weighted by Crippen LogP contribution is 2.11. The molecule has 8 heteroatoms. The zero-order valence-corrected chi connectivity index (χ0v) is 15.0. The Bertz CT molecular complexity index is 662. The van der Waals surface area contributed by atoms with Gasteiger partial charge in [-0.25, -0.2) is 15.0 Å². The van der Waals surface area contributed by atoms with Crippen LogP contribution in [0.25, 0.3) is 0 Å². The minimum absolute atomic E-state index is 0.713. The fourth-order valence-corrected chi connectivity index (χ4v) is 3.41. The van der Waals surface area contributed by atoms with Crippen LogP contribution >= 0.6 is 11.3 Å². The highest BCUT2D eigenvalue weighted by molar-refractivity contribution is 7.09. The van der Waals surface area contributed by atoms with Gasteiger partial charge in [-0.05, 0) is 12.5 Å². The van der Waals surface area contributed by atoms with Crippen LogP contribution < -0.4 is 10.2 Å². The molecule has 1 fully saturated rings. The van der Waals surface area contributed by atoms with Gasteiger partial charge >= 0.3 is 0 Å². The molecule has 0 spiro atoms. The molecule has 3 heterocycles. The van der Waals surface area contributed by atoms with Crippen molar-refractivity contribution in [3.8, 4) is 0 Å². The summed E-state index contributed by atoms with van der Waals surface area (Å²) in [6, 6.07) is 1.84. The molecule has 0 aromatic carbocycles. The molecule has 1 N–H and O–H groups in total. The number of rotatable bonds is 4. The molecule has 0 radical (unpaired) electrons. The van der Waals surface area contributed by atoms with E-state index in [9.17, 15) is 0 Å². The van der Waals surface area contributed by atoms with E-state index in [1.54, 1.807) is 23.7 Å². The van der Waals surface area contributed by atoms with Crippen molar-refractivity contribution < 1.29 is 0 Å². The Morgan fingerprint density at radius 3 is 2.62 bits per heavy atom. The van der Waals surface area contributed by atoms with Crippen molar-refractivity contribution in [2.75, 3.05) is 38.1 Å². The molecule has 0 bridgehead atoms. The van der Waals surface area contributed by atoms with Crippen LogP contribution in [0, 0.1) is 0 Å². The quantitative estimate of drug-likeness (QED) is 0.667. The first-order valence-electron chi connectivity index (χ1n) is 8.21. The number of aliphatic imine (C=N–C) groups is 1. The van der Waals surface area contributed by atoms with Crippen molar-refractivity contribution in [3.63, 3.8) is 0 Å². The van der Waals surface area contributed by atoms with Crippen LogP contribution in [0.2, 0.25) is 0 Å². The second-order valence-electron chi connectivity index (χ2n) is 5.51. The molecule has 1 aliphatic rings. The summed E-state index contributed by atoms with van der Waals surface area (Å²) in [7, 11) is 1.83. The lowest BCUT2D eigenvalue weighted by molar-refractivity contribution is 0.370. The monoisotopic (exact) mass is 345 g/mol. The first-order valence-corrected chi connectivity index (χ1v) is 9.09. The summed E-state index contributed by atoms with van der Waals surface area (Å²) in [6.45, 7) is 6.42. The molecular weight excluding hydrogens is 322 g/mol. The summed E-state index contributed by atoms with van der Waals surface area (Å²) in [4.78, 5) is 22.1. The predicted octanol–water partition coefficient (Wildman–Crippen LogP) is 1.39. The maximum atomic E-state index is 4.59. The zero-order chi connectivity index (χ0) is 16.8. The van der Waals surface area contributed by atoms with Gasteiger partial charge in [0, 0.05) is 51.0 Å². The van der Waals surface area contributed by atoms with Crippen LogP contribution in [0.1, 0.15) is 17.6 Å². The SMILES string of the molecule is CCc1nc(CNC(=NC)N2CCN(c3ncccn3)CC2)cs1. The van der Waals surface area contributed by atoms with E-state index in [1.165, 1.54) is 5.01 Å². The molecule has 1 saturated heterocycles. The first kappa shape index (κ1) is 16.6. The maximum Gasteiger partial charge on any atom is 0.225 e. The predicted molar refractivity (Wildman–Crippen MR) is 97.5 cm³/mol. The minimum atomic E-state index is 0.713. The number of piperazine rings is 1. The molecule has 1 aliphatic heterocycles. The lowest BCUT2D eigenvalue weighted by Gasteiger charge is -2.36. The van der Waals surface area contributed by atoms with Gasteiger partial charge in [0.2, 0.25) is 5.95 Å². The van der Waals surface area contributed by atoms with Gasteiger partial charge in [0.15, 0.2) is 5.96 Å². The van der Waals surface area contributed by atoms with Crippen LogP contribution in [0.5, 0.6) is 0 Å². The average molecular weight is 345 g/mol. The normalized spacial score (nSPS) is 15.7. The molecule has 2 aromatic heterocycles. The Hall–Kier alpha value is -2.22. The number of aryl methyl sites for hydroxylation is 1. The molecule has 0 aliphatic carbocycles. The topological polar surface area (TPSA) is 69.5 Å². The van der Waals surface area contributed by atoms with Gasteiger partial charge < -0.3 is 15.1 Å². The van der Waals surface area contributed by atoms with Gasteiger partial charge in [-0.1, -0.05) is 6.92 Å². The molecule has 0 saturated carbocycles. The number of anilines is 1. The van der Waals surface area contributed by atoms with Gasteiger partial charge in [-0.3, -0.25) is 4.99 Å². The summed E-state index contributed by atoms with van der Waals surface area (Å²) in [5.74, 6) is 1.73. The maximum absolute atomic E-state index is 4.59. The zero-order valence-electron chi connectivity index (χ0n) is 14.1. The Morgan fingerprint density at radius 1 is 1.25 bits per heavy atom.